The molecule has 2 saturated heterocycles. The second-order valence-corrected chi connectivity index (χ2v) is 15.1. The van der Waals surface area contributed by atoms with Gasteiger partial charge in [0.1, 0.15) is 12.0 Å². The quantitative estimate of drug-likeness (QED) is 0.215. The van der Waals surface area contributed by atoms with Crippen LogP contribution in [0.4, 0.5) is 13.2 Å². The molecule has 0 bridgehead atoms. The Bertz CT molecular complexity index is 1200. The van der Waals surface area contributed by atoms with Crippen LogP contribution in [0.5, 0.6) is 5.75 Å². The normalized spacial score (nSPS) is 23.6. The lowest BCUT2D eigenvalue weighted by atomic mass is 9.89. The highest BCUT2D eigenvalue weighted by molar-refractivity contribution is 7.97. The van der Waals surface area contributed by atoms with Gasteiger partial charge in [0, 0.05) is 36.6 Å². The molecule has 2 unspecified atom stereocenters. The predicted molar refractivity (Wildman–Crippen MR) is 183 cm³/mol. The SMILES string of the molecule is CN1CCC(N)CC1.O=CC1CN(C(c2ccc(C(F)(F)F)cc2)C2CCCC2)CCN1Sc1ccc(OCC2CCCCC2)cc1. The summed E-state index contributed by atoms with van der Waals surface area (Å²) >= 11 is 1.59. The Morgan fingerprint density at radius 3 is 2.11 bits per heavy atom. The van der Waals surface area contributed by atoms with Crippen LogP contribution in [0.3, 0.4) is 0 Å². The van der Waals surface area contributed by atoms with Crippen molar-refractivity contribution in [1.82, 2.24) is 14.1 Å². The summed E-state index contributed by atoms with van der Waals surface area (Å²) in [5.74, 6) is 1.94. The fraction of sp³-hybridized carbons (Fsp3) is 0.649. The number of carbonyl (C=O) groups is 1. The van der Waals surface area contributed by atoms with E-state index < -0.39 is 11.7 Å². The number of piperazine rings is 1. The van der Waals surface area contributed by atoms with E-state index in [0.29, 0.717) is 31.0 Å². The van der Waals surface area contributed by atoms with Gasteiger partial charge in [-0.25, -0.2) is 4.31 Å². The fourth-order valence-corrected chi connectivity index (χ4v) is 8.50. The van der Waals surface area contributed by atoms with Crippen molar-refractivity contribution < 1.29 is 22.7 Å². The number of hydrogen-bond donors (Lipinski definition) is 1. The van der Waals surface area contributed by atoms with Crippen LogP contribution >= 0.6 is 11.9 Å². The van der Waals surface area contributed by atoms with Crippen molar-refractivity contribution in [2.75, 3.05) is 46.4 Å². The topological polar surface area (TPSA) is 62.0 Å². The number of carbonyl (C=O) groups excluding carboxylic acids is 1. The number of alkyl halides is 3. The zero-order valence-corrected chi connectivity index (χ0v) is 28.7. The molecule has 6 nitrogen and oxygen atoms in total. The monoisotopic (exact) mass is 674 g/mol. The summed E-state index contributed by atoms with van der Waals surface area (Å²) < 4.78 is 47.7. The maximum Gasteiger partial charge on any atom is 0.416 e. The summed E-state index contributed by atoms with van der Waals surface area (Å²) in [7, 11) is 2.14. The molecule has 2 N–H and O–H groups in total. The highest BCUT2D eigenvalue weighted by atomic mass is 32.2. The Kier molecular flexibility index (Phi) is 13.5. The van der Waals surface area contributed by atoms with Gasteiger partial charge in [-0.05, 0) is 124 Å². The summed E-state index contributed by atoms with van der Waals surface area (Å²) in [4.78, 5) is 17.9. The van der Waals surface area contributed by atoms with E-state index >= 15 is 0 Å². The summed E-state index contributed by atoms with van der Waals surface area (Å²) in [6, 6.07) is 14.0. The molecule has 6 rings (SSSR count). The van der Waals surface area contributed by atoms with Crippen LogP contribution in [0.25, 0.3) is 0 Å². The number of piperidine rings is 1. The molecule has 0 spiro atoms. The third kappa shape index (κ3) is 10.7. The van der Waals surface area contributed by atoms with Gasteiger partial charge in [-0.15, -0.1) is 0 Å². The van der Waals surface area contributed by atoms with E-state index in [0.717, 1.165) is 61.3 Å². The molecule has 4 aliphatic rings. The van der Waals surface area contributed by atoms with Crippen LogP contribution in [0, 0.1) is 11.8 Å². The van der Waals surface area contributed by atoms with Crippen LogP contribution in [-0.2, 0) is 11.0 Å². The maximum absolute atomic E-state index is 13.2. The molecule has 0 radical (unpaired) electrons. The van der Waals surface area contributed by atoms with Gasteiger partial charge in [-0.3, -0.25) is 4.90 Å². The van der Waals surface area contributed by atoms with Crippen LogP contribution < -0.4 is 10.5 Å². The van der Waals surface area contributed by atoms with Gasteiger partial charge in [-0.2, -0.15) is 13.2 Å². The van der Waals surface area contributed by atoms with Crippen LogP contribution in [0.2, 0.25) is 0 Å². The van der Waals surface area contributed by atoms with Crippen LogP contribution in [-0.4, -0.2) is 78.9 Å². The summed E-state index contributed by atoms with van der Waals surface area (Å²) in [5, 5.41) is 0. The van der Waals surface area contributed by atoms with Gasteiger partial charge in [-0.1, -0.05) is 44.2 Å². The lowest BCUT2D eigenvalue weighted by Gasteiger charge is -2.44. The Morgan fingerprint density at radius 1 is 0.872 bits per heavy atom. The molecule has 0 amide bonds. The minimum Gasteiger partial charge on any atom is -0.493 e. The van der Waals surface area contributed by atoms with Gasteiger partial charge in [0.25, 0.3) is 0 Å². The van der Waals surface area contributed by atoms with E-state index in [1.807, 2.05) is 12.1 Å². The smallest absolute Gasteiger partial charge is 0.416 e. The van der Waals surface area contributed by atoms with Crippen LogP contribution in [0.15, 0.2) is 53.4 Å². The zero-order chi connectivity index (χ0) is 33.2. The second-order valence-electron chi connectivity index (χ2n) is 14.0. The van der Waals surface area contributed by atoms with Gasteiger partial charge in [0.2, 0.25) is 0 Å². The first kappa shape index (κ1) is 36.2. The fourth-order valence-electron chi connectivity index (χ4n) is 7.54. The third-order valence-electron chi connectivity index (χ3n) is 10.4. The van der Waals surface area contributed by atoms with E-state index in [-0.39, 0.29) is 12.1 Å². The van der Waals surface area contributed by atoms with Gasteiger partial charge < -0.3 is 20.2 Å². The largest absolute Gasteiger partial charge is 0.493 e. The van der Waals surface area contributed by atoms with E-state index in [1.165, 1.54) is 70.2 Å². The number of nitrogens with zero attached hydrogens (tertiary/aromatic N) is 3. The highest BCUT2D eigenvalue weighted by Gasteiger charge is 2.37. The van der Waals surface area contributed by atoms with Crippen molar-refractivity contribution in [2.24, 2.45) is 17.6 Å². The van der Waals surface area contributed by atoms with E-state index in [2.05, 4.69) is 33.3 Å². The molecule has 2 aromatic rings. The first-order valence-electron chi connectivity index (χ1n) is 17.7. The van der Waals surface area contributed by atoms with Gasteiger partial charge in [0.15, 0.2) is 0 Å². The minimum atomic E-state index is -4.34. The number of likely N-dealkylation sites (tertiary alicyclic amines) is 1. The number of aldehydes is 1. The maximum atomic E-state index is 13.2. The van der Waals surface area contributed by atoms with E-state index in [4.69, 9.17) is 10.5 Å². The molecule has 2 saturated carbocycles. The first-order chi connectivity index (χ1) is 22.7. The Hall–Kier alpha value is -2.11. The molecule has 2 aromatic carbocycles. The number of halogens is 3. The standard InChI is InChI=1S/C31H39F3N2O2S.C6H14N2/c32-31(33,34)26-12-10-25(11-13-26)30(24-8-4-5-9-24)35-18-19-36(27(20-35)21-37)39-29-16-14-28(15-17-29)38-22-23-6-2-1-3-7-23;1-8-4-2-6(7)3-5-8/h10-17,21,23-24,27,30H,1-9,18-20,22H2;6H,2-5,7H2,1H3. The minimum absolute atomic E-state index is 0.0324. The average Bonchev–Trinajstić information content (AvgIpc) is 3.61. The molecule has 4 fully saturated rings. The van der Waals surface area contributed by atoms with Crippen molar-refractivity contribution >= 4 is 18.2 Å². The Morgan fingerprint density at radius 2 is 1.51 bits per heavy atom. The molecular formula is C37H53F3N4O2S. The number of benzene rings is 2. The Labute approximate surface area is 283 Å². The van der Waals surface area contributed by atoms with Gasteiger partial charge >= 0.3 is 6.18 Å². The van der Waals surface area contributed by atoms with Crippen molar-refractivity contribution in [3.05, 3.63) is 59.7 Å². The molecule has 47 heavy (non-hydrogen) atoms. The summed E-state index contributed by atoms with van der Waals surface area (Å²) in [6.45, 7) is 5.19. The second kappa shape index (κ2) is 17.5. The number of hydrogen-bond acceptors (Lipinski definition) is 7. The molecule has 10 heteroatoms. The molecule has 2 atom stereocenters. The molecule has 260 valence electrons. The van der Waals surface area contributed by atoms with Crippen LogP contribution in [0.1, 0.15) is 87.8 Å². The molecule has 0 aromatic heterocycles. The summed E-state index contributed by atoms with van der Waals surface area (Å²) in [6.07, 6.45) is 9.93. The first-order valence-corrected chi connectivity index (χ1v) is 18.4. The van der Waals surface area contributed by atoms with Crippen molar-refractivity contribution in [3.8, 4) is 5.75 Å². The number of nitrogens with two attached hydrogens (primary N) is 1. The summed E-state index contributed by atoms with van der Waals surface area (Å²) in [5.41, 5.74) is 5.97. The zero-order valence-electron chi connectivity index (χ0n) is 27.9. The molecule has 2 aliphatic heterocycles. The van der Waals surface area contributed by atoms with Crippen molar-refractivity contribution in [1.29, 1.82) is 0 Å². The number of ether oxygens (including phenoxy) is 1. The van der Waals surface area contributed by atoms with Crippen molar-refractivity contribution in [3.63, 3.8) is 0 Å². The lowest BCUT2D eigenvalue weighted by Crippen LogP contribution is -2.52. The predicted octanol–water partition coefficient (Wildman–Crippen LogP) is 7.83. The molecule has 2 heterocycles. The van der Waals surface area contributed by atoms with Crippen molar-refractivity contribution in [2.45, 2.75) is 99.8 Å². The van der Waals surface area contributed by atoms with Gasteiger partial charge in [0.05, 0.1) is 18.2 Å². The highest BCUT2D eigenvalue weighted by Crippen LogP contribution is 2.42. The molecule has 2 aliphatic carbocycles. The van der Waals surface area contributed by atoms with E-state index in [9.17, 15) is 18.0 Å². The lowest BCUT2D eigenvalue weighted by molar-refractivity contribution is -0.137. The van der Waals surface area contributed by atoms with E-state index in [1.54, 1.807) is 24.1 Å². The molecular weight excluding hydrogens is 621 g/mol. The average molecular weight is 675 g/mol. The number of rotatable bonds is 9. The Balaban J connectivity index is 0.000000474. The third-order valence-corrected chi connectivity index (χ3v) is 11.6.